The van der Waals surface area contributed by atoms with Crippen LogP contribution in [0.25, 0.3) is 0 Å². The predicted molar refractivity (Wildman–Crippen MR) is 84.3 cm³/mol. The van der Waals surface area contributed by atoms with Gasteiger partial charge in [-0.3, -0.25) is 20.2 Å². The summed E-state index contributed by atoms with van der Waals surface area (Å²) < 4.78 is 0. The second-order valence-electron chi connectivity index (χ2n) is 4.73. The molecule has 0 aliphatic rings. The van der Waals surface area contributed by atoms with E-state index in [9.17, 15) is 29.8 Å². The molecule has 0 radical (unpaired) electrons. The van der Waals surface area contributed by atoms with Crippen LogP contribution in [0.15, 0.2) is 46.6 Å². The lowest BCUT2D eigenvalue weighted by molar-refractivity contribution is -0.385. The van der Waals surface area contributed by atoms with Gasteiger partial charge in [-0.1, -0.05) is 0 Å². The van der Waals surface area contributed by atoms with Gasteiger partial charge < -0.3 is 10.2 Å². The van der Waals surface area contributed by atoms with E-state index in [-0.39, 0.29) is 0 Å². The number of hydrogen-bond donors (Lipinski definition) is 2. The Balaban J connectivity index is 2.58. The van der Waals surface area contributed by atoms with Crippen molar-refractivity contribution >= 4 is 34.7 Å². The molecule has 0 bridgehead atoms. The van der Waals surface area contributed by atoms with Crippen molar-refractivity contribution in [3.05, 3.63) is 67.8 Å². The molecule has 0 aliphatic heterocycles. The lowest BCUT2D eigenvalue weighted by atomic mass is 10.1. The zero-order valence-electron chi connectivity index (χ0n) is 12.6. The molecule has 2 aromatic carbocycles. The summed E-state index contributed by atoms with van der Waals surface area (Å²) in [5.74, 6) is -2.88. The number of carbonyl (C=O) groups is 2. The van der Waals surface area contributed by atoms with Crippen molar-refractivity contribution < 1.29 is 29.6 Å². The van der Waals surface area contributed by atoms with Crippen LogP contribution in [0, 0.1) is 20.2 Å². The largest absolute Gasteiger partial charge is 0.478 e. The molecule has 0 saturated heterocycles. The van der Waals surface area contributed by atoms with Crippen LogP contribution in [0.3, 0.4) is 0 Å². The smallest absolute Gasteiger partial charge is 0.337 e. The molecule has 2 rings (SSSR count). The van der Waals surface area contributed by atoms with Crippen LogP contribution < -0.4 is 0 Å². The topological polar surface area (TPSA) is 186 Å². The Kier molecular flexibility index (Phi) is 4.97. The van der Waals surface area contributed by atoms with E-state index in [1.54, 1.807) is 0 Å². The van der Waals surface area contributed by atoms with E-state index < -0.39 is 55.7 Å². The number of aromatic carboxylic acids is 2. The highest BCUT2D eigenvalue weighted by Crippen LogP contribution is 2.30. The summed E-state index contributed by atoms with van der Waals surface area (Å²) in [6, 6.07) is 5.48. The van der Waals surface area contributed by atoms with Crippen LogP contribution in [0.2, 0.25) is 0 Å². The molecule has 0 heterocycles. The summed E-state index contributed by atoms with van der Waals surface area (Å²) >= 11 is 0. The van der Waals surface area contributed by atoms with Crippen molar-refractivity contribution in [1.29, 1.82) is 0 Å². The molecule has 0 aliphatic carbocycles. The fourth-order valence-corrected chi connectivity index (χ4v) is 1.90. The zero-order valence-corrected chi connectivity index (χ0v) is 12.6. The molecule has 2 N–H and O–H groups in total. The third-order valence-electron chi connectivity index (χ3n) is 3.11. The molecular weight excluding hydrogens is 352 g/mol. The van der Waals surface area contributed by atoms with Crippen LogP contribution in [0.5, 0.6) is 0 Å². The number of rotatable bonds is 6. The molecule has 2 aromatic rings. The fourth-order valence-electron chi connectivity index (χ4n) is 1.90. The van der Waals surface area contributed by atoms with Crippen molar-refractivity contribution in [3.8, 4) is 0 Å². The van der Waals surface area contributed by atoms with E-state index in [1.165, 1.54) is 0 Å². The molecule has 0 spiro atoms. The first-order valence-corrected chi connectivity index (χ1v) is 6.66. The fraction of sp³-hybridized carbons (Fsp3) is 0. The Labute approximate surface area is 143 Å². The first-order valence-electron chi connectivity index (χ1n) is 6.66. The van der Waals surface area contributed by atoms with Crippen LogP contribution in [-0.4, -0.2) is 32.0 Å². The third kappa shape index (κ3) is 3.81. The maximum atomic E-state index is 11.2. The van der Waals surface area contributed by atoms with Crippen LogP contribution in [0.4, 0.5) is 22.7 Å². The van der Waals surface area contributed by atoms with Gasteiger partial charge in [-0.15, -0.1) is 10.2 Å². The third-order valence-corrected chi connectivity index (χ3v) is 3.11. The summed E-state index contributed by atoms with van der Waals surface area (Å²) in [4.78, 5) is 42.4. The van der Waals surface area contributed by atoms with E-state index in [4.69, 9.17) is 10.2 Å². The van der Waals surface area contributed by atoms with Gasteiger partial charge in [0.05, 0.1) is 21.0 Å². The molecule has 132 valence electrons. The number of azo groups is 1. The van der Waals surface area contributed by atoms with Crippen LogP contribution >= 0.6 is 0 Å². The van der Waals surface area contributed by atoms with Crippen molar-refractivity contribution in [2.75, 3.05) is 0 Å². The predicted octanol–water partition coefficient (Wildman–Crippen LogP) is 3.31. The van der Waals surface area contributed by atoms with Gasteiger partial charge in [-0.2, -0.15) is 0 Å². The molecule has 0 amide bonds. The maximum Gasteiger partial charge on any atom is 0.337 e. The average Bonchev–Trinajstić information content (AvgIpc) is 2.58. The molecule has 0 fully saturated rings. The molecule has 0 saturated carbocycles. The Bertz CT molecular complexity index is 892. The zero-order chi connectivity index (χ0) is 19.4. The lowest BCUT2D eigenvalue weighted by Crippen LogP contribution is -1.98. The lowest BCUT2D eigenvalue weighted by Gasteiger charge is -2.02. The number of benzene rings is 2. The minimum Gasteiger partial charge on any atom is -0.478 e. The Hall–Kier alpha value is -4.22. The molecule has 12 heteroatoms. The molecule has 0 aromatic heterocycles. The second kappa shape index (κ2) is 7.12. The van der Waals surface area contributed by atoms with Gasteiger partial charge >= 0.3 is 11.9 Å². The molecule has 0 atom stereocenters. The summed E-state index contributed by atoms with van der Waals surface area (Å²) in [5, 5.41) is 46.9. The van der Waals surface area contributed by atoms with Gasteiger partial charge in [0, 0.05) is 24.3 Å². The van der Waals surface area contributed by atoms with Gasteiger partial charge in [0.15, 0.2) is 0 Å². The molecule has 12 nitrogen and oxygen atoms in total. The Morgan fingerprint density at radius 3 is 1.38 bits per heavy atom. The molecule has 0 unspecified atom stereocenters. The molecular formula is C14H8N4O8. The van der Waals surface area contributed by atoms with E-state index in [2.05, 4.69) is 10.2 Å². The first kappa shape index (κ1) is 18.1. The van der Waals surface area contributed by atoms with Gasteiger partial charge in [-0.05, 0) is 12.1 Å². The number of carboxylic acids is 2. The van der Waals surface area contributed by atoms with Crippen molar-refractivity contribution in [1.82, 2.24) is 0 Å². The normalized spacial score (nSPS) is 10.6. The van der Waals surface area contributed by atoms with Crippen molar-refractivity contribution in [2.45, 2.75) is 0 Å². The molecule has 26 heavy (non-hydrogen) atoms. The SMILES string of the molecule is O=C(O)c1ccc([N+](=O)[O-])cc1N=Nc1cc([N+](=O)[O-])ccc1C(=O)O. The van der Waals surface area contributed by atoms with E-state index in [0.29, 0.717) is 0 Å². The summed E-state index contributed by atoms with van der Waals surface area (Å²) in [6.07, 6.45) is 0. The highest BCUT2D eigenvalue weighted by Gasteiger charge is 2.18. The average molecular weight is 360 g/mol. The highest BCUT2D eigenvalue weighted by atomic mass is 16.6. The van der Waals surface area contributed by atoms with E-state index in [0.717, 1.165) is 36.4 Å². The van der Waals surface area contributed by atoms with E-state index in [1.807, 2.05) is 0 Å². The summed E-state index contributed by atoms with van der Waals surface area (Å²) in [7, 11) is 0. The number of hydrogen-bond acceptors (Lipinski definition) is 8. The number of nitro groups is 2. The maximum absolute atomic E-state index is 11.2. The first-order chi connectivity index (χ1) is 12.2. The van der Waals surface area contributed by atoms with Crippen molar-refractivity contribution in [2.24, 2.45) is 10.2 Å². The van der Waals surface area contributed by atoms with Gasteiger partial charge in [0.25, 0.3) is 11.4 Å². The highest BCUT2D eigenvalue weighted by molar-refractivity contribution is 5.95. The van der Waals surface area contributed by atoms with Gasteiger partial charge in [-0.25, -0.2) is 9.59 Å². The number of nitro benzene ring substituents is 2. The van der Waals surface area contributed by atoms with Crippen LogP contribution in [-0.2, 0) is 0 Å². The minimum absolute atomic E-state index is 0.408. The second-order valence-corrected chi connectivity index (χ2v) is 4.73. The number of carboxylic acid groups (broad SMARTS) is 2. The van der Waals surface area contributed by atoms with Crippen LogP contribution in [0.1, 0.15) is 20.7 Å². The minimum atomic E-state index is -1.44. The van der Waals surface area contributed by atoms with Crippen molar-refractivity contribution in [3.63, 3.8) is 0 Å². The number of non-ortho nitro benzene ring substituents is 2. The standard InChI is InChI=1S/C14H8N4O8/c19-13(20)9-3-1-7(17(23)24)5-11(9)15-16-12-6-8(18(25)26)2-4-10(12)14(21)22/h1-6H,(H,19,20)(H,21,22). The Morgan fingerprint density at radius 2 is 1.12 bits per heavy atom. The summed E-state index contributed by atoms with van der Waals surface area (Å²) in [6.45, 7) is 0. The van der Waals surface area contributed by atoms with Gasteiger partial charge in [0.2, 0.25) is 0 Å². The van der Waals surface area contributed by atoms with Gasteiger partial charge in [0.1, 0.15) is 11.4 Å². The Morgan fingerprint density at radius 1 is 0.769 bits per heavy atom. The quantitative estimate of drug-likeness (QED) is 0.446. The summed E-state index contributed by atoms with van der Waals surface area (Å²) in [5.41, 5.74) is -2.56. The monoisotopic (exact) mass is 360 g/mol. The van der Waals surface area contributed by atoms with E-state index >= 15 is 0 Å². The number of nitrogens with zero attached hydrogens (tertiary/aromatic N) is 4.